The van der Waals surface area contributed by atoms with E-state index in [1.165, 1.54) is 17.2 Å². The van der Waals surface area contributed by atoms with Gasteiger partial charge in [0.15, 0.2) is 0 Å². The molecule has 17 heavy (non-hydrogen) atoms. The van der Waals surface area contributed by atoms with Crippen molar-refractivity contribution in [3.8, 4) is 0 Å². The Morgan fingerprint density at radius 1 is 1.24 bits per heavy atom. The van der Waals surface area contributed by atoms with Gasteiger partial charge < -0.3 is 4.43 Å². The zero-order valence-electron chi connectivity index (χ0n) is 11.5. The summed E-state index contributed by atoms with van der Waals surface area (Å²) in [7, 11) is -1.70. The van der Waals surface area contributed by atoms with Crippen LogP contribution in [0, 0.1) is 0 Å². The van der Waals surface area contributed by atoms with Crippen LogP contribution in [0.1, 0.15) is 32.3 Å². The molecule has 0 aliphatic rings. The summed E-state index contributed by atoms with van der Waals surface area (Å²) in [5, 5.41) is 1.36. The maximum Gasteiger partial charge on any atom is 0.218 e. The van der Waals surface area contributed by atoms with Gasteiger partial charge in [0.1, 0.15) is 0 Å². The molecule has 0 bridgehead atoms. The molecule has 0 heterocycles. The van der Waals surface area contributed by atoms with Crippen LogP contribution in [0.2, 0.25) is 13.1 Å². The summed E-state index contributed by atoms with van der Waals surface area (Å²) in [5.41, 5.74) is 2.33. The molecule has 1 aromatic carbocycles. The number of hydrogen-bond acceptors (Lipinski definition) is 1. The predicted molar refractivity (Wildman–Crippen MR) is 79.1 cm³/mol. The van der Waals surface area contributed by atoms with E-state index in [4.69, 9.17) is 4.43 Å². The molecule has 0 saturated heterocycles. The standard InChI is InChI=1S/C15H24OSi/c1-6-7-12-16-17(4,5)15-10-8-14(9-11-15)13(2)3/h8-11H,2,6-7,12H2,1,3-5H3. The average Bonchev–Trinajstić information content (AvgIpc) is 2.29. The van der Waals surface area contributed by atoms with E-state index in [0.717, 1.165) is 18.6 Å². The predicted octanol–water partition coefficient (Wildman–Crippen LogP) is 3.95. The zero-order valence-corrected chi connectivity index (χ0v) is 12.5. The van der Waals surface area contributed by atoms with Crippen molar-refractivity contribution in [3.05, 3.63) is 36.4 Å². The Bertz CT molecular complexity index is 365. The molecule has 0 atom stereocenters. The lowest BCUT2D eigenvalue weighted by molar-refractivity contribution is 0.307. The molecule has 0 radical (unpaired) electrons. The largest absolute Gasteiger partial charge is 0.413 e. The van der Waals surface area contributed by atoms with Crippen LogP contribution in [0.25, 0.3) is 5.57 Å². The smallest absolute Gasteiger partial charge is 0.218 e. The second-order valence-electron chi connectivity index (χ2n) is 5.07. The minimum Gasteiger partial charge on any atom is -0.413 e. The number of rotatable bonds is 6. The summed E-state index contributed by atoms with van der Waals surface area (Å²) in [6.07, 6.45) is 2.35. The molecule has 0 aliphatic heterocycles. The second-order valence-corrected chi connectivity index (χ2v) is 8.96. The first-order valence-corrected chi connectivity index (χ1v) is 9.28. The van der Waals surface area contributed by atoms with Gasteiger partial charge in [-0.05, 0) is 37.2 Å². The summed E-state index contributed by atoms with van der Waals surface area (Å²) in [6, 6.07) is 8.69. The van der Waals surface area contributed by atoms with Crippen LogP contribution >= 0.6 is 0 Å². The Morgan fingerprint density at radius 2 is 1.82 bits per heavy atom. The summed E-state index contributed by atoms with van der Waals surface area (Å²) in [5.74, 6) is 0. The lowest BCUT2D eigenvalue weighted by atomic mass is 10.1. The van der Waals surface area contributed by atoms with Gasteiger partial charge in [0, 0.05) is 6.61 Å². The molecule has 2 heteroatoms. The molecule has 0 aromatic heterocycles. The van der Waals surface area contributed by atoms with Gasteiger partial charge in [-0.25, -0.2) is 0 Å². The summed E-state index contributed by atoms with van der Waals surface area (Å²) in [4.78, 5) is 0. The summed E-state index contributed by atoms with van der Waals surface area (Å²) in [6.45, 7) is 13.6. The van der Waals surface area contributed by atoms with Gasteiger partial charge in [0.25, 0.3) is 0 Å². The van der Waals surface area contributed by atoms with Crippen LogP contribution in [0.4, 0.5) is 0 Å². The van der Waals surface area contributed by atoms with Crippen molar-refractivity contribution in [1.82, 2.24) is 0 Å². The molecule has 0 unspecified atom stereocenters. The van der Waals surface area contributed by atoms with Crippen molar-refractivity contribution < 1.29 is 4.43 Å². The quantitative estimate of drug-likeness (QED) is 0.547. The first-order valence-electron chi connectivity index (χ1n) is 6.37. The van der Waals surface area contributed by atoms with Crippen molar-refractivity contribution >= 4 is 19.1 Å². The minimum absolute atomic E-state index is 0.887. The number of unbranched alkanes of at least 4 members (excludes halogenated alkanes) is 1. The van der Waals surface area contributed by atoms with Gasteiger partial charge >= 0.3 is 0 Å². The van der Waals surface area contributed by atoms with Crippen LogP contribution in [0.15, 0.2) is 30.8 Å². The normalized spacial score (nSPS) is 11.5. The molecule has 0 N–H and O–H groups in total. The highest BCUT2D eigenvalue weighted by Gasteiger charge is 2.24. The molecule has 1 aromatic rings. The van der Waals surface area contributed by atoms with Crippen molar-refractivity contribution in [2.24, 2.45) is 0 Å². The van der Waals surface area contributed by atoms with Crippen LogP contribution in [0.3, 0.4) is 0 Å². The van der Waals surface area contributed by atoms with Gasteiger partial charge in [-0.15, -0.1) is 0 Å². The Labute approximate surface area is 107 Å². The number of benzene rings is 1. The monoisotopic (exact) mass is 248 g/mol. The molecular weight excluding hydrogens is 224 g/mol. The maximum atomic E-state index is 6.07. The molecule has 1 rings (SSSR count). The third-order valence-corrected chi connectivity index (χ3v) is 5.68. The molecule has 0 amide bonds. The van der Waals surface area contributed by atoms with Gasteiger partial charge in [0.2, 0.25) is 8.32 Å². The van der Waals surface area contributed by atoms with Crippen molar-refractivity contribution in [2.75, 3.05) is 6.61 Å². The maximum absolute atomic E-state index is 6.07. The Balaban J connectivity index is 2.73. The fourth-order valence-electron chi connectivity index (χ4n) is 1.71. The third kappa shape index (κ3) is 4.13. The Hall–Kier alpha value is -0.863. The lowest BCUT2D eigenvalue weighted by Gasteiger charge is -2.23. The van der Waals surface area contributed by atoms with Gasteiger partial charge in [-0.1, -0.05) is 49.8 Å². The van der Waals surface area contributed by atoms with E-state index in [2.05, 4.69) is 50.9 Å². The van der Waals surface area contributed by atoms with E-state index in [9.17, 15) is 0 Å². The van der Waals surface area contributed by atoms with Gasteiger partial charge in [-0.3, -0.25) is 0 Å². The Morgan fingerprint density at radius 3 is 2.29 bits per heavy atom. The van der Waals surface area contributed by atoms with Crippen molar-refractivity contribution in [2.45, 2.75) is 39.8 Å². The zero-order chi connectivity index (χ0) is 12.9. The molecular formula is C15H24OSi. The van der Waals surface area contributed by atoms with E-state index >= 15 is 0 Å². The van der Waals surface area contributed by atoms with E-state index < -0.39 is 8.32 Å². The van der Waals surface area contributed by atoms with Crippen LogP contribution in [-0.2, 0) is 4.43 Å². The fourth-order valence-corrected chi connectivity index (χ4v) is 3.50. The highest BCUT2D eigenvalue weighted by atomic mass is 28.4. The molecule has 94 valence electrons. The summed E-state index contributed by atoms with van der Waals surface area (Å²) >= 11 is 0. The van der Waals surface area contributed by atoms with Crippen LogP contribution < -0.4 is 5.19 Å². The first kappa shape index (κ1) is 14.2. The van der Waals surface area contributed by atoms with Crippen LogP contribution in [0.5, 0.6) is 0 Å². The number of hydrogen-bond donors (Lipinski definition) is 0. The number of allylic oxidation sites excluding steroid dienone is 1. The van der Waals surface area contributed by atoms with E-state index in [1.54, 1.807) is 0 Å². The van der Waals surface area contributed by atoms with E-state index in [-0.39, 0.29) is 0 Å². The highest BCUT2D eigenvalue weighted by Crippen LogP contribution is 2.12. The first-order chi connectivity index (χ1) is 7.97. The van der Waals surface area contributed by atoms with Crippen LogP contribution in [-0.4, -0.2) is 14.9 Å². The average molecular weight is 248 g/mol. The fraction of sp³-hybridized carbons (Fsp3) is 0.467. The topological polar surface area (TPSA) is 9.23 Å². The third-order valence-electron chi connectivity index (χ3n) is 3.03. The van der Waals surface area contributed by atoms with E-state index in [0.29, 0.717) is 0 Å². The second kappa shape index (κ2) is 6.17. The molecule has 0 spiro atoms. The molecule has 0 aliphatic carbocycles. The molecule has 0 saturated carbocycles. The van der Waals surface area contributed by atoms with Crippen molar-refractivity contribution in [3.63, 3.8) is 0 Å². The summed E-state index contributed by atoms with van der Waals surface area (Å²) < 4.78 is 6.07. The highest BCUT2D eigenvalue weighted by molar-refractivity contribution is 6.84. The van der Waals surface area contributed by atoms with Crippen molar-refractivity contribution in [1.29, 1.82) is 0 Å². The molecule has 0 fully saturated rings. The lowest BCUT2D eigenvalue weighted by Crippen LogP contribution is -2.44. The molecule has 1 nitrogen and oxygen atoms in total. The SMILES string of the molecule is C=C(C)c1ccc([Si](C)(C)OCCCC)cc1. The Kier molecular flexibility index (Phi) is 5.16. The van der Waals surface area contributed by atoms with Gasteiger partial charge in [-0.2, -0.15) is 0 Å². The van der Waals surface area contributed by atoms with E-state index in [1.807, 2.05) is 6.92 Å². The minimum atomic E-state index is -1.70. The van der Waals surface area contributed by atoms with Gasteiger partial charge in [0.05, 0.1) is 0 Å².